The molecule has 0 aliphatic carbocycles. The fourth-order valence-electron chi connectivity index (χ4n) is 1.78. The maximum absolute atomic E-state index is 10.7. The van der Waals surface area contributed by atoms with Crippen LogP contribution in [0.1, 0.15) is 47.0 Å². The number of Topliss-reactive ketones (excluding diaryl/α,β-unsaturated/α-hetero) is 1. The zero-order valence-corrected chi connectivity index (χ0v) is 9.21. The minimum Gasteiger partial charge on any atom is -0.393 e. The van der Waals surface area contributed by atoms with Crippen molar-refractivity contribution in [3.05, 3.63) is 0 Å². The SMILES string of the molecule is CC(=O)CC(O)CC(C)CC(C)C. The highest BCUT2D eigenvalue weighted by atomic mass is 16.3. The van der Waals surface area contributed by atoms with Crippen LogP contribution in [-0.4, -0.2) is 17.0 Å². The molecule has 1 N–H and O–H groups in total. The third kappa shape index (κ3) is 7.97. The normalized spacial score (nSPS) is 15.8. The number of hydrogen-bond donors (Lipinski definition) is 1. The van der Waals surface area contributed by atoms with E-state index < -0.39 is 6.10 Å². The molecule has 0 saturated carbocycles. The molecule has 0 aromatic rings. The second kappa shape index (κ2) is 6.14. The highest BCUT2D eigenvalue weighted by molar-refractivity contribution is 5.75. The summed E-state index contributed by atoms with van der Waals surface area (Å²) in [5.74, 6) is 1.25. The van der Waals surface area contributed by atoms with Crippen LogP contribution in [0.2, 0.25) is 0 Å². The Hall–Kier alpha value is -0.370. The number of carbonyl (C=O) groups excluding carboxylic acids is 1. The van der Waals surface area contributed by atoms with Crippen molar-refractivity contribution in [2.75, 3.05) is 0 Å². The van der Waals surface area contributed by atoms with Gasteiger partial charge in [-0.25, -0.2) is 0 Å². The molecule has 0 fully saturated rings. The van der Waals surface area contributed by atoms with E-state index in [9.17, 15) is 9.90 Å². The highest BCUT2D eigenvalue weighted by Gasteiger charge is 2.13. The summed E-state index contributed by atoms with van der Waals surface area (Å²) in [6, 6.07) is 0. The van der Waals surface area contributed by atoms with E-state index >= 15 is 0 Å². The zero-order valence-electron chi connectivity index (χ0n) is 9.21. The van der Waals surface area contributed by atoms with Gasteiger partial charge in [-0.15, -0.1) is 0 Å². The summed E-state index contributed by atoms with van der Waals surface area (Å²) in [4.78, 5) is 10.7. The van der Waals surface area contributed by atoms with Crippen LogP contribution in [0.3, 0.4) is 0 Å². The van der Waals surface area contributed by atoms with E-state index in [1.165, 1.54) is 6.92 Å². The molecule has 0 aromatic carbocycles. The van der Waals surface area contributed by atoms with Crippen LogP contribution >= 0.6 is 0 Å². The molecule has 0 saturated heterocycles. The Morgan fingerprint density at radius 2 is 1.77 bits per heavy atom. The van der Waals surface area contributed by atoms with Crippen LogP contribution < -0.4 is 0 Å². The van der Waals surface area contributed by atoms with Crippen molar-refractivity contribution < 1.29 is 9.90 Å². The lowest BCUT2D eigenvalue weighted by Crippen LogP contribution is -2.16. The van der Waals surface area contributed by atoms with Gasteiger partial charge in [-0.05, 0) is 31.6 Å². The number of aliphatic hydroxyl groups excluding tert-OH is 1. The number of aliphatic hydroxyl groups is 1. The van der Waals surface area contributed by atoms with E-state index in [0.717, 1.165) is 12.8 Å². The van der Waals surface area contributed by atoms with Gasteiger partial charge in [-0.3, -0.25) is 4.79 Å². The van der Waals surface area contributed by atoms with Gasteiger partial charge >= 0.3 is 0 Å². The Morgan fingerprint density at radius 1 is 1.23 bits per heavy atom. The quantitative estimate of drug-likeness (QED) is 0.691. The third-order valence-corrected chi connectivity index (χ3v) is 2.07. The summed E-state index contributed by atoms with van der Waals surface area (Å²) in [7, 11) is 0. The van der Waals surface area contributed by atoms with Gasteiger partial charge in [0.25, 0.3) is 0 Å². The molecule has 0 radical (unpaired) electrons. The Bertz CT molecular complexity index is 152. The molecule has 0 heterocycles. The molecular weight excluding hydrogens is 164 g/mol. The van der Waals surface area contributed by atoms with E-state index in [2.05, 4.69) is 20.8 Å². The molecule has 13 heavy (non-hydrogen) atoms. The summed E-state index contributed by atoms with van der Waals surface area (Å²) >= 11 is 0. The standard InChI is InChI=1S/C11H22O2/c1-8(2)5-9(3)6-11(13)7-10(4)12/h8-9,11,13H,5-7H2,1-4H3. The minimum absolute atomic E-state index is 0.0734. The van der Waals surface area contributed by atoms with Crippen molar-refractivity contribution in [1.82, 2.24) is 0 Å². The molecule has 2 atom stereocenters. The molecule has 78 valence electrons. The molecule has 2 nitrogen and oxygen atoms in total. The first-order valence-corrected chi connectivity index (χ1v) is 5.09. The van der Waals surface area contributed by atoms with Crippen molar-refractivity contribution in [1.29, 1.82) is 0 Å². The molecule has 2 unspecified atom stereocenters. The Labute approximate surface area is 81.3 Å². The number of carbonyl (C=O) groups is 1. The summed E-state index contributed by atoms with van der Waals surface area (Å²) < 4.78 is 0. The van der Waals surface area contributed by atoms with Gasteiger partial charge in [0.15, 0.2) is 0 Å². The van der Waals surface area contributed by atoms with Gasteiger partial charge in [0.1, 0.15) is 5.78 Å². The molecule has 2 heteroatoms. The summed E-state index contributed by atoms with van der Waals surface area (Å²) in [5, 5.41) is 9.48. The molecule has 0 spiro atoms. The van der Waals surface area contributed by atoms with Crippen LogP contribution in [-0.2, 0) is 4.79 Å². The lowest BCUT2D eigenvalue weighted by molar-refractivity contribution is -0.119. The largest absolute Gasteiger partial charge is 0.393 e. The van der Waals surface area contributed by atoms with Crippen molar-refractivity contribution in [3.8, 4) is 0 Å². The summed E-state index contributed by atoms with van der Waals surface area (Å²) in [6.07, 6.45) is 1.74. The van der Waals surface area contributed by atoms with E-state index in [1.807, 2.05) is 0 Å². The zero-order chi connectivity index (χ0) is 10.4. The summed E-state index contributed by atoms with van der Waals surface area (Å²) in [6.45, 7) is 8.00. The summed E-state index contributed by atoms with van der Waals surface area (Å²) in [5.41, 5.74) is 0. The van der Waals surface area contributed by atoms with E-state index in [1.54, 1.807) is 0 Å². The third-order valence-electron chi connectivity index (χ3n) is 2.07. The lowest BCUT2D eigenvalue weighted by atomic mass is 9.92. The second-order valence-corrected chi connectivity index (χ2v) is 4.53. The Kier molecular flexibility index (Phi) is 5.97. The average Bonchev–Trinajstić information content (AvgIpc) is 1.80. The molecule has 0 amide bonds. The van der Waals surface area contributed by atoms with Gasteiger partial charge in [0.05, 0.1) is 6.10 Å². The lowest BCUT2D eigenvalue weighted by Gasteiger charge is -2.17. The Morgan fingerprint density at radius 3 is 2.15 bits per heavy atom. The van der Waals surface area contributed by atoms with Crippen LogP contribution in [0.15, 0.2) is 0 Å². The molecule has 0 aliphatic heterocycles. The molecule has 0 bridgehead atoms. The smallest absolute Gasteiger partial charge is 0.132 e. The molecule has 0 aliphatic rings. The predicted molar refractivity (Wildman–Crippen MR) is 54.5 cm³/mol. The first-order chi connectivity index (χ1) is 5.91. The van der Waals surface area contributed by atoms with E-state index in [4.69, 9.17) is 0 Å². The monoisotopic (exact) mass is 186 g/mol. The number of ketones is 1. The topological polar surface area (TPSA) is 37.3 Å². The van der Waals surface area contributed by atoms with Gasteiger partial charge in [-0.2, -0.15) is 0 Å². The minimum atomic E-state index is -0.439. The van der Waals surface area contributed by atoms with E-state index in [-0.39, 0.29) is 5.78 Å². The maximum Gasteiger partial charge on any atom is 0.132 e. The van der Waals surface area contributed by atoms with Crippen LogP contribution in [0.25, 0.3) is 0 Å². The average molecular weight is 186 g/mol. The molecular formula is C11H22O2. The van der Waals surface area contributed by atoms with E-state index in [0.29, 0.717) is 18.3 Å². The van der Waals surface area contributed by atoms with Crippen molar-refractivity contribution in [2.45, 2.75) is 53.1 Å². The predicted octanol–water partition coefficient (Wildman–Crippen LogP) is 2.40. The van der Waals surface area contributed by atoms with Crippen LogP contribution in [0.5, 0.6) is 0 Å². The first kappa shape index (κ1) is 12.6. The second-order valence-electron chi connectivity index (χ2n) is 4.53. The molecule has 0 rings (SSSR count). The fourth-order valence-corrected chi connectivity index (χ4v) is 1.78. The van der Waals surface area contributed by atoms with Crippen molar-refractivity contribution in [3.63, 3.8) is 0 Å². The first-order valence-electron chi connectivity index (χ1n) is 5.09. The van der Waals surface area contributed by atoms with Gasteiger partial charge in [0.2, 0.25) is 0 Å². The van der Waals surface area contributed by atoms with Gasteiger partial charge < -0.3 is 5.11 Å². The highest BCUT2D eigenvalue weighted by Crippen LogP contribution is 2.17. The maximum atomic E-state index is 10.7. The van der Waals surface area contributed by atoms with Gasteiger partial charge in [-0.1, -0.05) is 20.8 Å². The van der Waals surface area contributed by atoms with Gasteiger partial charge in [0, 0.05) is 6.42 Å². The van der Waals surface area contributed by atoms with Crippen LogP contribution in [0, 0.1) is 11.8 Å². The number of hydrogen-bond acceptors (Lipinski definition) is 2. The van der Waals surface area contributed by atoms with Crippen molar-refractivity contribution in [2.24, 2.45) is 11.8 Å². The van der Waals surface area contributed by atoms with Crippen LogP contribution in [0.4, 0.5) is 0 Å². The molecule has 0 aromatic heterocycles. The number of rotatable bonds is 6. The van der Waals surface area contributed by atoms with Crippen molar-refractivity contribution >= 4 is 5.78 Å². The Balaban J connectivity index is 3.64. The fraction of sp³-hybridized carbons (Fsp3) is 0.909.